The standard InChI is InChI=1S/C16H14F3NO/c17-12-6-5-11(14(18)15(12)19)16(20)10-7-9-3-1-2-4-13(9)21-8-10/h1-6,10,16H,7-8,20H2. The van der Waals surface area contributed by atoms with E-state index in [2.05, 4.69) is 0 Å². The van der Waals surface area contributed by atoms with Crippen molar-refractivity contribution >= 4 is 0 Å². The molecule has 3 rings (SSSR count). The fraction of sp³-hybridized carbons (Fsp3) is 0.250. The molecule has 0 radical (unpaired) electrons. The van der Waals surface area contributed by atoms with E-state index >= 15 is 0 Å². The van der Waals surface area contributed by atoms with Crippen LogP contribution in [0.2, 0.25) is 0 Å². The number of fused-ring (bicyclic) bond motifs is 1. The normalized spacial score (nSPS) is 18.8. The summed E-state index contributed by atoms with van der Waals surface area (Å²) in [5.41, 5.74) is 6.99. The maximum atomic E-state index is 13.8. The zero-order valence-corrected chi connectivity index (χ0v) is 11.2. The Morgan fingerprint density at radius 1 is 1.05 bits per heavy atom. The van der Waals surface area contributed by atoms with Gasteiger partial charge in [-0.1, -0.05) is 24.3 Å². The number of benzene rings is 2. The van der Waals surface area contributed by atoms with E-state index in [0.717, 1.165) is 17.4 Å². The monoisotopic (exact) mass is 293 g/mol. The van der Waals surface area contributed by atoms with Crippen molar-refractivity contribution in [2.75, 3.05) is 6.61 Å². The van der Waals surface area contributed by atoms with Crippen molar-refractivity contribution in [1.82, 2.24) is 0 Å². The molecule has 2 aromatic carbocycles. The summed E-state index contributed by atoms with van der Waals surface area (Å²) in [6, 6.07) is 8.85. The highest BCUT2D eigenvalue weighted by atomic mass is 19.2. The largest absolute Gasteiger partial charge is 0.493 e. The van der Waals surface area contributed by atoms with Gasteiger partial charge in [0.25, 0.3) is 0 Å². The Kier molecular flexibility index (Phi) is 3.59. The molecule has 0 fully saturated rings. The Hall–Kier alpha value is -2.01. The van der Waals surface area contributed by atoms with Gasteiger partial charge in [0.1, 0.15) is 5.75 Å². The molecule has 110 valence electrons. The smallest absolute Gasteiger partial charge is 0.194 e. The van der Waals surface area contributed by atoms with Crippen LogP contribution in [0, 0.1) is 23.4 Å². The molecular formula is C16H14F3NO. The maximum absolute atomic E-state index is 13.8. The molecule has 2 nitrogen and oxygen atoms in total. The minimum Gasteiger partial charge on any atom is -0.493 e. The average Bonchev–Trinajstić information content (AvgIpc) is 2.52. The fourth-order valence-corrected chi connectivity index (χ4v) is 2.63. The van der Waals surface area contributed by atoms with Crippen molar-refractivity contribution in [2.45, 2.75) is 12.5 Å². The number of halogens is 3. The molecule has 0 saturated heterocycles. The summed E-state index contributed by atoms with van der Waals surface area (Å²) in [5.74, 6) is -3.33. The first-order valence-electron chi connectivity index (χ1n) is 6.67. The average molecular weight is 293 g/mol. The number of nitrogens with two attached hydrogens (primary N) is 1. The van der Waals surface area contributed by atoms with Crippen molar-refractivity contribution in [3.05, 3.63) is 65.0 Å². The lowest BCUT2D eigenvalue weighted by Gasteiger charge is -2.30. The summed E-state index contributed by atoms with van der Waals surface area (Å²) in [7, 11) is 0. The van der Waals surface area contributed by atoms with Gasteiger partial charge >= 0.3 is 0 Å². The van der Waals surface area contributed by atoms with Crippen LogP contribution in [0.5, 0.6) is 5.75 Å². The van der Waals surface area contributed by atoms with E-state index in [1.807, 2.05) is 24.3 Å². The van der Waals surface area contributed by atoms with E-state index in [9.17, 15) is 13.2 Å². The Bertz CT molecular complexity index is 675. The number of hydrogen-bond donors (Lipinski definition) is 1. The van der Waals surface area contributed by atoms with Gasteiger partial charge in [-0.3, -0.25) is 0 Å². The molecule has 1 aliphatic heterocycles. The molecule has 5 heteroatoms. The molecule has 2 unspecified atom stereocenters. The van der Waals surface area contributed by atoms with Gasteiger partial charge < -0.3 is 10.5 Å². The fourth-order valence-electron chi connectivity index (χ4n) is 2.63. The summed E-state index contributed by atoms with van der Waals surface area (Å²) in [4.78, 5) is 0. The number of para-hydroxylation sites is 1. The van der Waals surface area contributed by atoms with Crippen LogP contribution in [0.25, 0.3) is 0 Å². The van der Waals surface area contributed by atoms with Crippen LogP contribution in [0.1, 0.15) is 17.2 Å². The van der Waals surface area contributed by atoms with Crippen molar-refractivity contribution in [2.24, 2.45) is 11.7 Å². The SMILES string of the molecule is NC(c1ccc(F)c(F)c1F)C1COc2ccccc2C1. The van der Waals surface area contributed by atoms with Gasteiger partial charge in [0.05, 0.1) is 6.61 Å². The molecule has 0 bridgehead atoms. The van der Waals surface area contributed by atoms with Crippen LogP contribution >= 0.6 is 0 Å². The van der Waals surface area contributed by atoms with Crippen LogP contribution in [-0.2, 0) is 6.42 Å². The molecule has 21 heavy (non-hydrogen) atoms. The van der Waals surface area contributed by atoms with E-state index < -0.39 is 23.5 Å². The van der Waals surface area contributed by atoms with Gasteiger partial charge in [-0.15, -0.1) is 0 Å². The molecule has 2 atom stereocenters. The molecular weight excluding hydrogens is 279 g/mol. The van der Waals surface area contributed by atoms with Gasteiger partial charge in [0, 0.05) is 17.5 Å². The van der Waals surface area contributed by atoms with E-state index in [1.54, 1.807) is 0 Å². The highest BCUT2D eigenvalue weighted by Gasteiger charge is 2.29. The van der Waals surface area contributed by atoms with Crippen LogP contribution < -0.4 is 10.5 Å². The number of rotatable bonds is 2. The molecule has 0 aromatic heterocycles. The predicted molar refractivity (Wildman–Crippen MR) is 72.4 cm³/mol. The first kappa shape index (κ1) is 13.9. The topological polar surface area (TPSA) is 35.2 Å². The van der Waals surface area contributed by atoms with Crippen molar-refractivity contribution < 1.29 is 17.9 Å². The van der Waals surface area contributed by atoms with Crippen molar-refractivity contribution in [3.8, 4) is 5.75 Å². The number of ether oxygens (including phenoxy) is 1. The molecule has 1 heterocycles. The van der Waals surface area contributed by atoms with Crippen LogP contribution in [0.15, 0.2) is 36.4 Å². The lowest BCUT2D eigenvalue weighted by atomic mass is 9.87. The van der Waals surface area contributed by atoms with Crippen LogP contribution in [0.3, 0.4) is 0 Å². The molecule has 0 spiro atoms. The second kappa shape index (κ2) is 5.41. The predicted octanol–water partition coefficient (Wildman–Crippen LogP) is 3.36. The highest BCUT2D eigenvalue weighted by Crippen LogP contribution is 2.33. The highest BCUT2D eigenvalue weighted by molar-refractivity contribution is 5.36. The minimum absolute atomic E-state index is 0.0260. The molecule has 0 aliphatic carbocycles. The lowest BCUT2D eigenvalue weighted by molar-refractivity contribution is 0.198. The molecule has 2 N–H and O–H groups in total. The Morgan fingerprint density at radius 2 is 1.81 bits per heavy atom. The minimum atomic E-state index is -1.49. The summed E-state index contributed by atoms with van der Waals surface area (Å²) in [6.45, 7) is 0.316. The van der Waals surface area contributed by atoms with Crippen molar-refractivity contribution in [1.29, 1.82) is 0 Å². The maximum Gasteiger partial charge on any atom is 0.194 e. The summed E-state index contributed by atoms with van der Waals surface area (Å²) < 4.78 is 45.7. The second-order valence-corrected chi connectivity index (χ2v) is 5.17. The van der Waals surface area contributed by atoms with E-state index in [-0.39, 0.29) is 11.5 Å². The first-order valence-corrected chi connectivity index (χ1v) is 6.67. The Morgan fingerprint density at radius 3 is 2.62 bits per heavy atom. The van der Waals surface area contributed by atoms with E-state index in [1.165, 1.54) is 6.07 Å². The van der Waals surface area contributed by atoms with Gasteiger partial charge in [-0.05, 0) is 24.1 Å². The van der Waals surface area contributed by atoms with Gasteiger partial charge in [0.15, 0.2) is 17.5 Å². The lowest BCUT2D eigenvalue weighted by Crippen LogP contribution is -2.32. The van der Waals surface area contributed by atoms with Gasteiger partial charge in [-0.2, -0.15) is 0 Å². The Balaban J connectivity index is 1.87. The van der Waals surface area contributed by atoms with Gasteiger partial charge in [-0.25, -0.2) is 13.2 Å². The molecule has 0 amide bonds. The summed E-state index contributed by atoms with van der Waals surface area (Å²) in [5, 5.41) is 0. The third-order valence-electron chi connectivity index (χ3n) is 3.84. The third kappa shape index (κ3) is 2.49. The zero-order chi connectivity index (χ0) is 15.0. The third-order valence-corrected chi connectivity index (χ3v) is 3.84. The zero-order valence-electron chi connectivity index (χ0n) is 11.2. The van der Waals surface area contributed by atoms with Crippen LogP contribution in [0.4, 0.5) is 13.2 Å². The number of hydrogen-bond acceptors (Lipinski definition) is 2. The molecule has 2 aromatic rings. The summed E-state index contributed by atoms with van der Waals surface area (Å²) in [6.07, 6.45) is 0.607. The molecule has 0 saturated carbocycles. The Labute approximate surface area is 120 Å². The molecule has 1 aliphatic rings. The van der Waals surface area contributed by atoms with Gasteiger partial charge in [0.2, 0.25) is 0 Å². The quantitative estimate of drug-likeness (QED) is 0.862. The van der Waals surface area contributed by atoms with Crippen LogP contribution in [-0.4, -0.2) is 6.61 Å². The summed E-state index contributed by atoms with van der Waals surface area (Å²) >= 11 is 0. The van der Waals surface area contributed by atoms with E-state index in [0.29, 0.717) is 13.0 Å². The first-order chi connectivity index (χ1) is 10.1. The second-order valence-electron chi connectivity index (χ2n) is 5.17. The van der Waals surface area contributed by atoms with Crippen molar-refractivity contribution in [3.63, 3.8) is 0 Å². The van der Waals surface area contributed by atoms with E-state index in [4.69, 9.17) is 10.5 Å².